The van der Waals surface area contributed by atoms with E-state index in [1.165, 1.54) is 31.3 Å². The molecule has 1 heterocycles. The van der Waals surface area contributed by atoms with Crippen molar-refractivity contribution in [3.05, 3.63) is 23.8 Å². The standard InChI is InChI=1S/C26H38O3/c1-19-9-16-26(28-17-18-29-26)24(19,3)15-10-20-7-6-8-21-23(20,2)14-11-22(27)25(21)12-4-5-13-25/h4-5,8,19-20H,6-7,9-18H2,1-3H3/t19-,20-,23-,24+/m1/s1. The lowest BCUT2D eigenvalue weighted by Gasteiger charge is -2.53. The molecule has 5 aliphatic rings. The number of carbonyl (C=O) groups is 1. The zero-order valence-electron chi connectivity index (χ0n) is 18.6. The molecule has 0 unspecified atom stereocenters. The van der Waals surface area contributed by atoms with Crippen LogP contribution in [0.25, 0.3) is 0 Å². The van der Waals surface area contributed by atoms with Crippen molar-refractivity contribution in [3.8, 4) is 0 Å². The van der Waals surface area contributed by atoms with E-state index in [-0.39, 0.29) is 22.0 Å². The lowest BCUT2D eigenvalue weighted by Crippen LogP contribution is -2.49. The molecule has 0 N–H and O–H groups in total. The Kier molecular flexibility index (Phi) is 4.68. The van der Waals surface area contributed by atoms with E-state index in [0.717, 1.165) is 51.7 Å². The van der Waals surface area contributed by atoms with Crippen molar-refractivity contribution in [1.29, 1.82) is 0 Å². The maximum absolute atomic E-state index is 13.0. The molecule has 1 saturated heterocycles. The summed E-state index contributed by atoms with van der Waals surface area (Å²) < 4.78 is 12.5. The van der Waals surface area contributed by atoms with Crippen molar-refractivity contribution in [2.75, 3.05) is 13.2 Å². The van der Waals surface area contributed by atoms with Crippen LogP contribution in [0, 0.1) is 28.1 Å². The van der Waals surface area contributed by atoms with Gasteiger partial charge in [0, 0.05) is 18.3 Å². The summed E-state index contributed by atoms with van der Waals surface area (Å²) in [5.41, 5.74) is 1.57. The number of allylic oxidation sites excluding steroid dienone is 4. The van der Waals surface area contributed by atoms with E-state index >= 15 is 0 Å². The van der Waals surface area contributed by atoms with Gasteiger partial charge >= 0.3 is 0 Å². The second-order valence-corrected chi connectivity index (χ2v) is 11.0. The molecule has 0 aromatic carbocycles. The quantitative estimate of drug-likeness (QED) is 0.548. The van der Waals surface area contributed by atoms with Crippen molar-refractivity contribution in [2.45, 2.75) is 90.8 Å². The molecule has 3 fully saturated rings. The van der Waals surface area contributed by atoms with Crippen molar-refractivity contribution in [1.82, 2.24) is 0 Å². The van der Waals surface area contributed by atoms with Gasteiger partial charge in [0.2, 0.25) is 0 Å². The number of hydrogen-bond donors (Lipinski definition) is 0. The van der Waals surface area contributed by atoms with Crippen LogP contribution in [-0.2, 0) is 14.3 Å². The highest BCUT2D eigenvalue weighted by Crippen LogP contribution is 2.63. The van der Waals surface area contributed by atoms with Crippen LogP contribution in [0.15, 0.2) is 23.8 Å². The maximum atomic E-state index is 13.0. The molecule has 1 aliphatic heterocycles. The minimum atomic E-state index is -0.347. The minimum Gasteiger partial charge on any atom is -0.347 e. The molecule has 5 rings (SSSR count). The van der Waals surface area contributed by atoms with E-state index in [9.17, 15) is 4.79 Å². The van der Waals surface area contributed by atoms with E-state index in [1.807, 2.05) is 0 Å². The maximum Gasteiger partial charge on any atom is 0.174 e. The molecule has 3 nitrogen and oxygen atoms in total. The Hall–Kier alpha value is -0.930. The van der Waals surface area contributed by atoms with Crippen LogP contribution in [0.5, 0.6) is 0 Å². The first-order valence-electron chi connectivity index (χ1n) is 12.0. The topological polar surface area (TPSA) is 35.5 Å². The lowest BCUT2D eigenvalue weighted by atomic mass is 9.50. The molecule has 4 atom stereocenters. The van der Waals surface area contributed by atoms with Crippen molar-refractivity contribution in [3.63, 3.8) is 0 Å². The molecule has 0 bridgehead atoms. The monoisotopic (exact) mass is 398 g/mol. The summed E-state index contributed by atoms with van der Waals surface area (Å²) in [5, 5.41) is 0. The largest absolute Gasteiger partial charge is 0.347 e. The average Bonchev–Trinajstić information content (AvgIpc) is 3.43. The van der Waals surface area contributed by atoms with E-state index < -0.39 is 0 Å². The number of rotatable bonds is 3. The zero-order chi connectivity index (χ0) is 20.3. The second-order valence-electron chi connectivity index (χ2n) is 11.0. The fourth-order valence-electron chi connectivity index (χ4n) is 7.83. The van der Waals surface area contributed by atoms with Gasteiger partial charge in [-0.2, -0.15) is 0 Å². The highest BCUT2D eigenvalue weighted by atomic mass is 16.7. The third-order valence-electron chi connectivity index (χ3n) is 10.0. The Balaban J connectivity index is 1.39. The second kappa shape index (κ2) is 6.79. The molecular weight excluding hydrogens is 360 g/mol. The SMILES string of the molecule is C[C@@H]1CCC2(OCCO2)[C@@]1(C)CC[C@H]1CCC=C2C3(CC=CC3)C(=O)CC[C@@]21C. The molecule has 0 aromatic heterocycles. The van der Waals surface area contributed by atoms with Crippen molar-refractivity contribution >= 4 is 5.78 Å². The van der Waals surface area contributed by atoms with Gasteiger partial charge < -0.3 is 9.47 Å². The summed E-state index contributed by atoms with van der Waals surface area (Å²) in [7, 11) is 0. The number of fused-ring (bicyclic) bond motifs is 2. The molecule has 0 aromatic rings. The fourth-order valence-corrected chi connectivity index (χ4v) is 7.83. The predicted octanol–water partition coefficient (Wildman–Crippen LogP) is 5.99. The van der Waals surface area contributed by atoms with Gasteiger partial charge in [-0.25, -0.2) is 0 Å². The van der Waals surface area contributed by atoms with Crippen molar-refractivity contribution < 1.29 is 14.3 Å². The molecule has 2 saturated carbocycles. The molecule has 160 valence electrons. The van der Waals surface area contributed by atoms with Crippen LogP contribution in [0.4, 0.5) is 0 Å². The van der Waals surface area contributed by atoms with Crippen LogP contribution in [0.3, 0.4) is 0 Å². The van der Waals surface area contributed by atoms with Crippen molar-refractivity contribution in [2.24, 2.45) is 28.1 Å². The van der Waals surface area contributed by atoms with Gasteiger partial charge in [0.25, 0.3) is 0 Å². The fraction of sp³-hybridized carbons (Fsp3) is 0.808. The molecule has 4 aliphatic carbocycles. The van der Waals surface area contributed by atoms with Gasteiger partial charge in [0.05, 0.1) is 18.6 Å². The third-order valence-corrected chi connectivity index (χ3v) is 10.0. The van der Waals surface area contributed by atoms with Crippen LogP contribution >= 0.6 is 0 Å². The highest BCUT2D eigenvalue weighted by Gasteiger charge is 2.60. The summed E-state index contributed by atoms with van der Waals surface area (Å²) in [6.45, 7) is 8.78. The van der Waals surface area contributed by atoms with Crippen LogP contribution in [0.1, 0.15) is 85.0 Å². The van der Waals surface area contributed by atoms with E-state index in [4.69, 9.17) is 9.47 Å². The molecule has 0 radical (unpaired) electrons. The summed E-state index contributed by atoms with van der Waals surface area (Å²) >= 11 is 0. The smallest absolute Gasteiger partial charge is 0.174 e. The third kappa shape index (κ3) is 2.65. The first kappa shape index (κ1) is 20.0. The normalized spacial score (nSPS) is 42.6. The Morgan fingerprint density at radius 3 is 2.52 bits per heavy atom. The number of carbonyl (C=O) groups excluding carboxylic acids is 1. The van der Waals surface area contributed by atoms with E-state index in [0.29, 0.717) is 17.6 Å². The minimum absolute atomic E-state index is 0.0955. The number of ether oxygens (including phenoxy) is 2. The summed E-state index contributed by atoms with van der Waals surface area (Å²) in [6.07, 6.45) is 17.6. The van der Waals surface area contributed by atoms with Gasteiger partial charge in [0.15, 0.2) is 5.79 Å². The molecule has 2 spiro atoms. The van der Waals surface area contributed by atoms with Crippen LogP contribution < -0.4 is 0 Å². The average molecular weight is 399 g/mol. The Bertz CT molecular complexity index is 735. The first-order chi connectivity index (χ1) is 13.9. The Morgan fingerprint density at radius 1 is 1.07 bits per heavy atom. The molecular formula is C26H38O3. The first-order valence-corrected chi connectivity index (χ1v) is 12.0. The van der Waals surface area contributed by atoms with Gasteiger partial charge in [-0.05, 0) is 68.6 Å². The Labute approximate surface area is 176 Å². The van der Waals surface area contributed by atoms with Crippen LogP contribution in [-0.4, -0.2) is 24.8 Å². The Morgan fingerprint density at radius 2 is 1.79 bits per heavy atom. The molecule has 3 heteroatoms. The lowest BCUT2D eigenvalue weighted by molar-refractivity contribution is -0.227. The molecule has 29 heavy (non-hydrogen) atoms. The van der Waals surface area contributed by atoms with E-state index in [1.54, 1.807) is 0 Å². The van der Waals surface area contributed by atoms with Crippen LogP contribution in [0.2, 0.25) is 0 Å². The van der Waals surface area contributed by atoms with Gasteiger partial charge in [-0.1, -0.05) is 44.6 Å². The van der Waals surface area contributed by atoms with Gasteiger partial charge in [-0.3, -0.25) is 4.79 Å². The number of Topliss-reactive ketones (excluding diaryl/α,β-unsaturated/α-hetero) is 1. The van der Waals surface area contributed by atoms with Gasteiger partial charge in [0.1, 0.15) is 5.78 Å². The summed E-state index contributed by atoms with van der Waals surface area (Å²) in [4.78, 5) is 13.0. The molecule has 0 amide bonds. The number of hydrogen-bond acceptors (Lipinski definition) is 3. The summed E-state index contributed by atoms with van der Waals surface area (Å²) in [5.74, 6) is 1.44. The highest BCUT2D eigenvalue weighted by molar-refractivity contribution is 5.90. The van der Waals surface area contributed by atoms with E-state index in [2.05, 4.69) is 39.0 Å². The summed E-state index contributed by atoms with van der Waals surface area (Å²) in [6, 6.07) is 0. The predicted molar refractivity (Wildman–Crippen MR) is 114 cm³/mol. The van der Waals surface area contributed by atoms with Gasteiger partial charge in [-0.15, -0.1) is 0 Å². The zero-order valence-corrected chi connectivity index (χ0v) is 18.6. The number of ketones is 1.